The third-order valence-electron chi connectivity index (χ3n) is 9.74. The highest BCUT2D eigenvalue weighted by atomic mass is 32.1. The molecule has 0 radical (unpaired) electrons. The first-order chi connectivity index (χ1) is 28.4. The molecule has 0 bridgehead atoms. The number of aliphatic hydroxyl groups is 2. The number of aliphatic carboxylic acids is 2. The zero-order chi connectivity index (χ0) is 42.6. The molecule has 13 nitrogen and oxygen atoms in total. The molecule has 1 aromatic heterocycles. The number of phenolic OH excluding ortho intramolecular Hbond substituents is 1. The van der Waals surface area contributed by atoms with Gasteiger partial charge in [-0.15, -0.1) is 0 Å². The fraction of sp³-hybridized carbons (Fsp3) is 0.364. The van der Waals surface area contributed by atoms with Crippen molar-refractivity contribution in [1.29, 1.82) is 0 Å². The van der Waals surface area contributed by atoms with E-state index in [1.165, 1.54) is 25.3 Å². The van der Waals surface area contributed by atoms with Gasteiger partial charge < -0.3 is 46.1 Å². The average Bonchev–Trinajstić information content (AvgIpc) is 3.65. The van der Waals surface area contributed by atoms with Crippen molar-refractivity contribution in [2.75, 3.05) is 32.7 Å². The van der Waals surface area contributed by atoms with Crippen LogP contribution in [0.4, 0.5) is 4.39 Å². The van der Waals surface area contributed by atoms with E-state index in [4.69, 9.17) is 20.4 Å². The standard InChI is InChI=1S/C28H37FN4O3S.2C8H8O3/c29-22-6-4-5-20(19-22)12-16-33(17-13-25(35)31-23-7-2-1-3-8-23)18-15-30-14-11-21-9-10-24(34)26-27(21)37-28(36)32-26;2*9-7(8(10)11)6-4-2-1-3-5-6/h4-6,9-10,19,23,30,34H,1-3,7-8,11-18H2,(H,31,35)(H,32,36);2*1-5,7,9H,(H,10,11). The van der Waals surface area contributed by atoms with Gasteiger partial charge in [0, 0.05) is 38.6 Å². The van der Waals surface area contributed by atoms with Gasteiger partial charge in [-0.2, -0.15) is 0 Å². The molecule has 1 aliphatic rings. The number of thiazole rings is 1. The number of H-pyrrole nitrogens is 1. The Bertz CT molecular complexity index is 2050. The molecule has 59 heavy (non-hydrogen) atoms. The first-order valence-corrected chi connectivity index (χ1v) is 20.4. The number of hydrogen-bond donors (Lipinski definition) is 8. The van der Waals surface area contributed by atoms with E-state index in [-0.39, 0.29) is 22.3 Å². The second kappa shape index (κ2) is 24.5. The van der Waals surface area contributed by atoms with Crippen molar-refractivity contribution < 1.29 is 44.3 Å². The number of aliphatic hydroxyl groups excluding tert-OH is 2. The summed E-state index contributed by atoms with van der Waals surface area (Å²) in [5, 5.41) is 51.4. The van der Waals surface area contributed by atoms with Crippen LogP contribution in [0.1, 0.15) is 73.0 Å². The van der Waals surface area contributed by atoms with Crippen molar-refractivity contribution in [3.8, 4) is 5.75 Å². The van der Waals surface area contributed by atoms with Crippen molar-refractivity contribution in [3.05, 3.63) is 135 Å². The molecule has 0 spiro atoms. The van der Waals surface area contributed by atoms with Crippen molar-refractivity contribution in [2.24, 2.45) is 0 Å². The molecule has 1 amide bonds. The van der Waals surface area contributed by atoms with E-state index in [1.54, 1.807) is 78.9 Å². The SMILES string of the molecule is O=C(CCN(CCNCCc1ccc(O)c2[nH]c(=O)sc12)CCc1cccc(F)c1)NC1CCCCC1.O=C(O)C(O)c1ccccc1.O=C(O)C(O)c1ccccc1. The number of fused-ring (bicyclic) bond motifs is 1. The maximum atomic E-state index is 13.6. The molecular formula is C44H53FN4O9S. The number of carboxylic acid groups (broad SMARTS) is 2. The van der Waals surface area contributed by atoms with Gasteiger partial charge in [-0.05, 0) is 72.7 Å². The smallest absolute Gasteiger partial charge is 0.337 e. The number of halogens is 1. The molecule has 1 fully saturated rings. The van der Waals surface area contributed by atoms with Crippen LogP contribution >= 0.6 is 11.3 Å². The van der Waals surface area contributed by atoms with Crippen LogP contribution in [-0.2, 0) is 27.2 Å². The summed E-state index contributed by atoms with van der Waals surface area (Å²) in [4.78, 5) is 49.6. The third-order valence-corrected chi connectivity index (χ3v) is 10.7. The molecule has 5 aromatic rings. The Balaban J connectivity index is 0.000000282. The van der Waals surface area contributed by atoms with Gasteiger partial charge >= 0.3 is 16.8 Å². The van der Waals surface area contributed by atoms with E-state index >= 15 is 0 Å². The molecule has 6 rings (SSSR count). The topological polar surface area (TPSA) is 213 Å². The number of amides is 1. The minimum Gasteiger partial charge on any atom is -0.506 e. The Morgan fingerprint density at radius 3 is 2.00 bits per heavy atom. The quantitative estimate of drug-likeness (QED) is 0.0544. The molecule has 0 saturated heterocycles. The van der Waals surface area contributed by atoms with Crippen molar-refractivity contribution in [3.63, 3.8) is 0 Å². The molecule has 2 unspecified atom stereocenters. The molecule has 1 saturated carbocycles. The predicted octanol–water partition coefficient (Wildman–Crippen LogP) is 5.56. The van der Waals surface area contributed by atoms with Gasteiger partial charge in [0.15, 0.2) is 12.2 Å². The van der Waals surface area contributed by atoms with Gasteiger partial charge in [-0.1, -0.05) is 109 Å². The van der Waals surface area contributed by atoms with Crippen LogP contribution in [-0.4, -0.2) is 92.0 Å². The van der Waals surface area contributed by atoms with Gasteiger partial charge in [-0.25, -0.2) is 14.0 Å². The summed E-state index contributed by atoms with van der Waals surface area (Å²) in [5.41, 5.74) is 3.28. The van der Waals surface area contributed by atoms with Gasteiger partial charge in [0.05, 0.1) is 4.70 Å². The Morgan fingerprint density at radius 2 is 1.41 bits per heavy atom. The lowest BCUT2D eigenvalue weighted by molar-refractivity contribution is -0.147. The monoisotopic (exact) mass is 832 g/mol. The molecule has 15 heteroatoms. The number of aromatic amines is 1. The predicted molar refractivity (Wildman–Crippen MR) is 225 cm³/mol. The van der Waals surface area contributed by atoms with E-state index in [2.05, 4.69) is 20.5 Å². The Kier molecular flexibility index (Phi) is 19.2. The van der Waals surface area contributed by atoms with Crippen LogP contribution in [0.25, 0.3) is 10.2 Å². The number of hydrogen-bond acceptors (Lipinski definition) is 10. The fourth-order valence-corrected chi connectivity index (χ4v) is 7.43. The van der Waals surface area contributed by atoms with E-state index in [0.29, 0.717) is 35.7 Å². The first kappa shape index (κ1) is 46.2. The van der Waals surface area contributed by atoms with Gasteiger partial charge in [-0.3, -0.25) is 9.59 Å². The van der Waals surface area contributed by atoms with Crippen molar-refractivity contribution in [2.45, 2.75) is 69.6 Å². The van der Waals surface area contributed by atoms with Crippen molar-refractivity contribution in [1.82, 2.24) is 20.5 Å². The second-order valence-electron chi connectivity index (χ2n) is 14.1. The largest absolute Gasteiger partial charge is 0.506 e. The number of nitrogens with zero attached hydrogens (tertiary/aromatic N) is 1. The lowest BCUT2D eigenvalue weighted by Crippen LogP contribution is -2.40. The summed E-state index contributed by atoms with van der Waals surface area (Å²) in [5.74, 6) is -2.48. The summed E-state index contributed by atoms with van der Waals surface area (Å²) in [6, 6.07) is 27.0. The summed E-state index contributed by atoms with van der Waals surface area (Å²) in [6.07, 6.45) is 4.89. The highest BCUT2D eigenvalue weighted by molar-refractivity contribution is 7.16. The normalized spacial score (nSPS) is 13.7. The van der Waals surface area contributed by atoms with Gasteiger partial charge in [0.1, 0.15) is 17.1 Å². The van der Waals surface area contributed by atoms with Crippen LogP contribution in [0, 0.1) is 5.82 Å². The number of carboxylic acids is 2. The highest BCUT2D eigenvalue weighted by Gasteiger charge is 2.18. The molecule has 1 aliphatic carbocycles. The number of nitrogens with one attached hydrogen (secondary N) is 3. The summed E-state index contributed by atoms with van der Waals surface area (Å²) in [6.45, 7) is 3.65. The fourth-order valence-electron chi connectivity index (χ4n) is 6.53. The Hall–Kier alpha value is -5.45. The summed E-state index contributed by atoms with van der Waals surface area (Å²) in [7, 11) is 0. The van der Waals surface area contributed by atoms with E-state index in [1.807, 2.05) is 12.1 Å². The second-order valence-corrected chi connectivity index (χ2v) is 15.1. The summed E-state index contributed by atoms with van der Waals surface area (Å²) >= 11 is 1.12. The maximum absolute atomic E-state index is 13.6. The number of carbonyl (C=O) groups excluding carboxylic acids is 1. The zero-order valence-corrected chi connectivity index (χ0v) is 33.6. The molecule has 0 aliphatic heterocycles. The zero-order valence-electron chi connectivity index (χ0n) is 32.8. The van der Waals surface area contributed by atoms with Crippen LogP contribution in [0.5, 0.6) is 5.75 Å². The minimum absolute atomic E-state index is 0.0894. The van der Waals surface area contributed by atoms with E-state index < -0.39 is 24.1 Å². The van der Waals surface area contributed by atoms with Crippen LogP contribution in [0.2, 0.25) is 0 Å². The lowest BCUT2D eigenvalue weighted by atomic mass is 9.95. The van der Waals surface area contributed by atoms with Crippen LogP contribution < -0.4 is 15.5 Å². The minimum atomic E-state index is -1.41. The first-order valence-electron chi connectivity index (χ1n) is 19.6. The number of carbonyl (C=O) groups is 3. The van der Waals surface area contributed by atoms with E-state index in [9.17, 15) is 28.7 Å². The number of phenols is 1. The Labute approximate surface area is 346 Å². The molecular weight excluding hydrogens is 780 g/mol. The third kappa shape index (κ3) is 16.0. The van der Waals surface area contributed by atoms with E-state index in [0.717, 1.165) is 79.0 Å². The molecule has 2 atom stereocenters. The molecule has 1 heterocycles. The average molecular weight is 833 g/mol. The van der Waals surface area contributed by atoms with Crippen molar-refractivity contribution >= 4 is 39.4 Å². The van der Waals surface area contributed by atoms with Gasteiger partial charge in [0.2, 0.25) is 5.91 Å². The number of aromatic nitrogens is 1. The molecule has 316 valence electrons. The summed E-state index contributed by atoms with van der Waals surface area (Å²) < 4.78 is 14.4. The molecule has 4 aromatic carbocycles. The maximum Gasteiger partial charge on any atom is 0.337 e. The highest BCUT2D eigenvalue weighted by Crippen LogP contribution is 2.28. The van der Waals surface area contributed by atoms with Gasteiger partial charge in [0.25, 0.3) is 0 Å². The number of aromatic hydroxyl groups is 1. The van der Waals surface area contributed by atoms with Crippen LogP contribution in [0.15, 0.2) is 102 Å². The van der Waals surface area contributed by atoms with Crippen LogP contribution in [0.3, 0.4) is 0 Å². The Morgan fingerprint density at radius 1 is 0.780 bits per heavy atom. The lowest BCUT2D eigenvalue weighted by Gasteiger charge is -2.25. The number of benzene rings is 4. The number of rotatable bonds is 17. The molecule has 8 N–H and O–H groups in total.